The highest BCUT2D eigenvalue weighted by molar-refractivity contribution is 6.01. The molecule has 0 N–H and O–H groups in total. The third-order valence-electron chi connectivity index (χ3n) is 2.85. The van der Waals surface area contributed by atoms with Crippen molar-refractivity contribution >= 4 is 11.4 Å². The van der Waals surface area contributed by atoms with Gasteiger partial charge in [0.15, 0.2) is 0 Å². The minimum Gasteiger partial charge on any atom is -0.253 e. The molecule has 0 unspecified atom stereocenters. The van der Waals surface area contributed by atoms with Crippen molar-refractivity contribution in [2.75, 3.05) is 0 Å². The second kappa shape index (κ2) is 5.46. The zero-order chi connectivity index (χ0) is 13.0. The molecule has 0 saturated carbocycles. The Hall–Kier alpha value is -2.15. The Morgan fingerprint density at radius 3 is 2.28 bits per heavy atom. The van der Waals surface area contributed by atoms with Crippen LogP contribution in [-0.4, -0.2) is 5.71 Å². The van der Waals surface area contributed by atoms with Crippen molar-refractivity contribution in [2.45, 2.75) is 13.8 Å². The van der Waals surface area contributed by atoms with E-state index in [1.807, 2.05) is 37.3 Å². The Morgan fingerprint density at radius 1 is 0.944 bits per heavy atom. The number of benzene rings is 2. The van der Waals surface area contributed by atoms with Crippen LogP contribution in [0.4, 0.5) is 0 Å². The van der Waals surface area contributed by atoms with Crippen molar-refractivity contribution in [1.29, 1.82) is 0 Å². The fraction of sp³-hybridized carbons (Fsp3) is 0.118. The van der Waals surface area contributed by atoms with Gasteiger partial charge >= 0.3 is 0 Å². The molecule has 2 aromatic carbocycles. The van der Waals surface area contributed by atoms with E-state index < -0.39 is 0 Å². The second-order valence-corrected chi connectivity index (χ2v) is 4.38. The van der Waals surface area contributed by atoms with Gasteiger partial charge in [0.05, 0.1) is 5.70 Å². The summed E-state index contributed by atoms with van der Waals surface area (Å²) < 4.78 is 0. The molecule has 1 heteroatoms. The summed E-state index contributed by atoms with van der Waals surface area (Å²) in [6.45, 7) is 8.13. The number of hydrogen-bond donors (Lipinski definition) is 0. The number of aliphatic imine (C=N–C) groups is 1. The summed E-state index contributed by atoms with van der Waals surface area (Å²) in [7, 11) is 0. The lowest BCUT2D eigenvalue weighted by Crippen LogP contribution is -1.95. The minimum atomic E-state index is 0.801. The smallest absolute Gasteiger partial charge is 0.0633 e. The first-order valence-electron chi connectivity index (χ1n) is 6.03. The van der Waals surface area contributed by atoms with E-state index in [4.69, 9.17) is 0 Å². The highest BCUT2D eigenvalue weighted by Gasteiger charge is 2.00. The minimum absolute atomic E-state index is 0.801. The summed E-state index contributed by atoms with van der Waals surface area (Å²) in [6.07, 6.45) is 0. The van der Waals surface area contributed by atoms with E-state index >= 15 is 0 Å². The van der Waals surface area contributed by atoms with Crippen LogP contribution in [0.2, 0.25) is 0 Å². The van der Waals surface area contributed by atoms with Crippen molar-refractivity contribution in [1.82, 2.24) is 0 Å². The summed E-state index contributed by atoms with van der Waals surface area (Å²) in [4.78, 5) is 4.58. The highest BCUT2D eigenvalue weighted by Crippen LogP contribution is 2.15. The molecule has 0 spiro atoms. The molecule has 0 fully saturated rings. The number of hydrogen-bond acceptors (Lipinski definition) is 1. The predicted octanol–water partition coefficient (Wildman–Crippen LogP) is 4.47. The lowest BCUT2D eigenvalue weighted by Gasteiger charge is -2.04. The van der Waals surface area contributed by atoms with E-state index in [9.17, 15) is 0 Å². The molecule has 0 aromatic heterocycles. The van der Waals surface area contributed by atoms with Gasteiger partial charge in [0, 0.05) is 5.71 Å². The van der Waals surface area contributed by atoms with E-state index in [1.54, 1.807) is 0 Å². The molecular weight excluding hydrogens is 218 g/mol. The molecule has 0 heterocycles. The highest BCUT2D eigenvalue weighted by atomic mass is 14.7. The third-order valence-corrected chi connectivity index (χ3v) is 2.85. The molecule has 0 amide bonds. The van der Waals surface area contributed by atoms with Gasteiger partial charge in [-0.05, 0) is 25.0 Å². The van der Waals surface area contributed by atoms with Crippen molar-refractivity contribution in [2.24, 2.45) is 4.99 Å². The van der Waals surface area contributed by atoms with Gasteiger partial charge in [0.1, 0.15) is 0 Å². The molecule has 0 aliphatic rings. The molecular formula is C17H17N. The second-order valence-electron chi connectivity index (χ2n) is 4.38. The fourth-order valence-corrected chi connectivity index (χ4v) is 1.83. The zero-order valence-corrected chi connectivity index (χ0v) is 10.9. The maximum Gasteiger partial charge on any atom is 0.0633 e. The van der Waals surface area contributed by atoms with Crippen LogP contribution in [0.5, 0.6) is 0 Å². The largest absolute Gasteiger partial charge is 0.253 e. The molecule has 90 valence electrons. The van der Waals surface area contributed by atoms with Crippen LogP contribution in [0.3, 0.4) is 0 Å². The van der Waals surface area contributed by atoms with E-state index in [2.05, 4.69) is 42.8 Å². The first kappa shape index (κ1) is 12.3. The number of aryl methyl sites for hydroxylation is 1. The molecule has 2 rings (SSSR count). The van der Waals surface area contributed by atoms with Gasteiger partial charge in [-0.25, -0.2) is 0 Å². The van der Waals surface area contributed by atoms with Gasteiger partial charge in [0.2, 0.25) is 0 Å². The third kappa shape index (κ3) is 2.95. The summed E-state index contributed by atoms with van der Waals surface area (Å²) in [5.74, 6) is 0. The van der Waals surface area contributed by atoms with Gasteiger partial charge in [-0.1, -0.05) is 66.7 Å². The molecule has 1 nitrogen and oxygen atoms in total. The van der Waals surface area contributed by atoms with Crippen molar-refractivity contribution in [3.63, 3.8) is 0 Å². The first-order valence-corrected chi connectivity index (χ1v) is 6.03. The van der Waals surface area contributed by atoms with Crippen LogP contribution < -0.4 is 0 Å². The van der Waals surface area contributed by atoms with Gasteiger partial charge < -0.3 is 0 Å². The molecule has 0 aliphatic heterocycles. The van der Waals surface area contributed by atoms with Crippen LogP contribution >= 0.6 is 0 Å². The first-order chi connectivity index (χ1) is 8.66. The van der Waals surface area contributed by atoms with Crippen molar-refractivity contribution in [3.05, 3.63) is 77.9 Å². The Bertz CT molecular complexity index is 580. The van der Waals surface area contributed by atoms with E-state index in [1.165, 1.54) is 5.56 Å². The normalized spacial score (nSPS) is 11.3. The molecule has 2 aromatic rings. The maximum absolute atomic E-state index is 4.58. The van der Waals surface area contributed by atoms with Gasteiger partial charge in [0.25, 0.3) is 0 Å². The Labute approximate surface area is 109 Å². The molecule has 0 bridgehead atoms. The topological polar surface area (TPSA) is 12.4 Å². The van der Waals surface area contributed by atoms with Crippen LogP contribution in [0.1, 0.15) is 23.6 Å². The molecule has 0 saturated heterocycles. The SMILES string of the molecule is C=C(N=C(C)c1cccc(C)c1)c1ccccc1. The predicted molar refractivity (Wildman–Crippen MR) is 78.9 cm³/mol. The summed E-state index contributed by atoms with van der Waals surface area (Å²) >= 11 is 0. The Morgan fingerprint density at radius 2 is 1.61 bits per heavy atom. The molecule has 18 heavy (non-hydrogen) atoms. The average Bonchev–Trinajstić information content (AvgIpc) is 2.39. The molecule has 0 radical (unpaired) electrons. The van der Waals surface area contributed by atoms with Gasteiger partial charge in [-0.2, -0.15) is 0 Å². The number of rotatable bonds is 3. The molecule has 0 aliphatic carbocycles. The van der Waals surface area contributed by atoms with Crippen LogP contribution in [-0.2, 0) is 0 Å². The average molecular weight is 235 g/mol. The van der Waals surface area contributed by atoms with Gasteiger partial charge in [-0.3, -0.25) is 4.99 Å². The Kier molecular flexibility index (Phi) is 3.73. The maximum atomic E-state index is 4.58. The molecule has 0 atom stereocenters. The standard InChI is InChI=1S/C17H17N/c1-13-8-7-11-17(12-13)15(3)18-14(2)16-9-5-4-6-10-16/h4-12H,2H2,1,3H3. The summed E-state index contributed by atoms with van der Waals surface area (Å²) in [5.41, 5.74) is 5.24. The van der Waals surface area contributed by atoms with E-state index in [0.717, 1.165) is 22.5 Å². The van der Waals surface area contributed by atoms with Crippen LogP contribution in [0.15, 0.2) is 66.2 Å². The van der Waals surface area contributed by atoms with Gasteiger partial charge in [-0.15, -0.1) is 0 Å². The van der Waals surface area contributed by atoms with E-state index in [-0.39, 0.29) is 0 Å². The van der Waals surface area contributed by atoms with E-state index in [0.29, 0.717) is 0 Å². The zero-order valence-electron chi connectivity index (χ0n) is 10.9. The van der Waals surface area contributed by atoms with Crippen molar-refractivity contribution in [3.8, 4) is 0 Å². The number of nitrogens with zero attached hydrogens (tertiary/aromatic N) is 1. The fourth-order valence-electron chi connectivity index (χ4n) is 1.83. The van der Waals surface area contributed by atoms with Crippen LogP contribution in [0.25, 0.3) is 5.70 Å². The van der Waals surface area contributed by atoms with Crippen molar-refractivity contribution < 1.29 is 0 Å². The Balaban J connectivity index is 2.26. The lowest BCUT2D eigenvalue weighted by molar-refractivity contribution is 1.43. The summed E-state index contributed by atoms with van der Waals surface area (Å²) in [5, 5.41) is 0. The quantitative estimate of drug-likeness (QED) is 0.696. The summed E-state index contributed by atoms with van der Waals surface area (Å²) in [6, 6.07) is 18.4. The van der Waals surface area contributed by atoms with Crippen LogP contribution in [0, 0.1) is 6.92 Å². The monoisotopic (exact) mass is 235 g/mol. The lowest BCUT2D eigenvalue weighted by atomic mass is 10.1.